The molecule has 1 rings (SSSR count). The lowest BCUT2D eigenvalue weighted by atomic mass is 10.0. The van der Waals surface area contributed by atoms with Gasteiger partial charge in [-0.05, 0) is 30.9 Å². The van der Waals surface area contributed by atoms with E-state index in [-0.39, 0.29) is 12.3 Å². The Bertz CT molecular complexity index is 540. The van der Waals surface area contributed by atoms with Crippen molar-refractivity contribution in [3.63, 3.8) is 0 Å². The van der Waals surface area contributed by atoms with Crippen LogP contribution in [0.4, 0.5) is 5.69 Å². The summed E-state index contributed by atoms with van der Waals surface area (Å²) in [6.45, 7) is 5.48. The number of carbonyl (C=O) groups excluding carboxylic acids is 2. The van der Waals surface area contributed by atoms with E-state index in [0.717, 1.165) is 5.56 Å². The maximum absolute atomic E-state index is 11.8. The van der Waals surface area contributed by atoms with Crippen LogP contribution in [0.25, 0.3) is 0 Å². The van der Waals surface area contributed by atoms with Crippen molar-refractivity contribution in [3.8, 4) is 0 Å². The van der Waals surface area contributed by atoms with Crippen molar-refractivity contribution >= 4 is 23.5 Å². The van der Waals surface area contributed by atoms with Gasteiger partial charge in [0.2, 0.25) is 0 Å². The Labute approximate surface area is 123 Å². The number of para-hydroxylation sites is 1. The summed E-state index contributed by atoms with van der Waals surface area (Å²) in [7, 11) is 0. The first-order valence-corrected chi connectivity index (χ1v) is 6.71. The minimum absolute atomic E-state index is 0.0887. The van der Waals surface area contributed by atoms with Crippen molar-refractivity contribution in [3.05, 3.63) is 29.8 Å². The van der Waals surface area contributed by atoms with Crippen LogP contribution in [-0.2, 0) is 14.4 Å². The topological polar surface area (TPSA) is 95.5 Å². The molecule has 2 amide bonds. The minimum atomic E-state index is -1.15. The van der Waals surface area contributed by atoms with E-state index in [1.165, 1.54) is 0 Å². The smallest absolute Gasteiger partial charge is 0.326 e. The lowest BCUT2D eigenvalue weighted by Gasteiger charge is -2.16. The first-order chi connectivity index (χ1) is 9.81. The van der Waals surface area contributed by atoms with Gasteiger partial charge in [0.1, 0.15) is 6.04 Å². The molecule has 0 aliphatic heterocycles. The molecule has 0 spiro atoms. The van der Waals surface area contributed by atoms with E-state index < -0.39 is 23.8 Å². The van der Waals surface area contributed by atoms with E-state index in [0.29, 0.717) is 5.69 Å². The fourth-order valence-electron chi connectivity index (χ4n) is 1.81. The average Bonchev–Trinajstić information content (AvgIpc) is 2.39. The van der Waals surface area contributed by atoms with Gasteiger partial charge in [-0.15, -0.1) is 0 Å². The number of anilines is 1. The zero-order valence-electron chi connectivity index (χ0n) is 12.3. The van der Waals surface area contributed by atoms with Gasteiger partial charge in [0.05, 0.1) is 0 Å². The van der Waals surface area contributed by atoms with E-state index in [9.17, 15) is 14.4 Å². The van der Waals surface area contributed by atoms with E-state index in [1.807, 2.05) is 19.9 Å². The second-order valence-electron chi connectivity index (χ2n) is 5.26. The van der Waals surface area contributed by atoms with Gasteiger partial charge in [0.25, 0.3) is 0 Å². The molecule has 1 aromatic rings. The summed E-state index contributed by atoms with van der Waals surface area (Å²) in [4.78, 5) is 34.6. The van der Waals surface area contributed by atoms with Crippen molar-refractivity contribution in [1.29, 1.82) is 0 Å². The molecule has 0 radical (unpaired) electrons. The predicted molar refractivity (Wildman–Crippen MR) is 78.8 cm³/mol. The number of rotatable bonds is 5. The summed E-state index contributed by atoms with van der Waals surface area (Å²) in [5.41, 5.74) is 1.34. The number of carbonyl (C=O) groups is 3. The third-order valence-electron chi connectivity index (χ3n) is 2.91. The van der Waals surface area contributed by atoms with Gasteiger partial charge in [-0.1, -0.05) is 32.0 Å². The SMILES string of the molecule is Cc1ccccc1NC(=O)C(=O)NC(CC(C)C)C(=O)O. The Hall–Kier alpha value is -2.37. The number of amides is 2. The molecule has 0 saturated heterocycles. The third kappa shape index (κ3) is 5.25. The van der Waals surface area contributed by atoms with E-state index in [2.05, 4.69) is 10.6 Å². The Kier molecular flexibility index (Phi) is 5.90. The molecule has 114 valence electrons. The summed E-state index contributed by atoms with van der Waals surface area (Å²) < 4.78 is 0. The standard InChI is InChI=1S/C15H20N2O4/c1-9(2)8-12(15(20)21)17-14(19)13(18)16-11-7-5-4-6-10(11)3/h4-7,9,12H,8H2,1-3H3,(H,16,18)(H,17,19)(H,20,21). The quantitative estimate of drug-likeness (QED) is 0.717. The lowest BCUT2D eigenvalue weighted by molar-refractivity contribution is -0.144. The number of carboxylic acid groups (broad SMARTS) is 1. The second-order valence-corrected chi connectivity index (χ2v) is 5.26. The van der Waals surface area contributed by atoms with Crippen LogP contribution < -0.4 is 10.6 Å². The van der Waals surface area contributed by atoms with Gasteiger partial charge in [0.15, 0.2) is 0 Å². The monoisotopic (exact) mass is 292 g/mol. The highest BCUT2D eigenvalue weighted by atomic mass is 16.4. The van der Waals surface area contributed by atoms with Gasteiger partial charge >= 0.3 is 17.8 Å². The zero-order chi connectivity index (χ0) is 16.0. The summed E-state index contributed by atoms with van der Waals surface area (Å²) in [5.74, 6) is -2.89. The molecule has 0 saturated carbocycles. The van der Waals surface area contributed by atoms with Crippen LogP contribution in [0.2, 0.25) is 0 Å². The van der Waals surface area contributed by atoms with Crippen molar-refractivity contribution in [2.75, 3.05) is 5.32 Å². The lowest BCUT2D eigenvalue weighted by Crippen LogP contribution is -2.46. The van der Waals surface area contributed by atoms with Crippen molar-refractivity contribution in [1.82, 2.24) is 5.32 Å². The third-order valence-corrected chi connectivity index (χ3v) is 2.91. The van der Waals surface area contributed by atoms with E-state index >= 15 is 0 Å². The molecular formula is C15H20N2O4. The molecule has 0 aliphatic rings. The Morgan fingerprint density at radius 2 is 1.76 bits per heavy atom. The Morgan fingerprint density at radius 1 is 1.14 bits per heavy atom. The maximum Gasteiger partial charge on any atom is 0.326 e. The van der Waals surface area contributed by atoms with Gasteiger partial charge in [-0.25, -0.2) is 4.79 Å². The molecule has 3 N–H and O–H groups in total. The van der Waals surface area contributed by atoms with Crippen molar-refractivity contribution in [2.45, 2.75) is 33.2 Å². The van der Waals surface area contributed by atoms with E-state index in [4.69, 9.17) is 5.11 Å². The molecule has 21 heavy (non-hydrogen) atoms. The van der Waals surface area contributed by atoms with Gasteiger partial charge in [-0.3, -0.25) is 9.59 Å². The molecule has 0 heterocycles. The second kappa shape index (κ2) is 7.42. The Morgan fingerprint density at radius 3 is 2.29 bits per heavy atom. The molecule has 1 atom stereocenters. The number of benzene rings is 1. The van der Waals surface area contributed by atoms with Crippen LogP contribution in [-0.4, -0.2) is 28.9 Å². The number of aryl methyl sites for hydroxylation is 1. The largest absolute Gasteiger partial charge is 0.480 e. The normalized spacial score (nSPS) is 11.8. The number of aliphatic carboxylic acids is 1. The van der Waals surface area contributed by atoms with E-state index in [1.54, 1.807) is 25.1 Å². The summed E-state index contributed by atoms with van der Waals surface area (Å²) in [6.07, 6.45) is 0.263. The van der Waals surface area contributed by atoms with Crippen LogP contribution >= 0.6 is 0 Å². The highest BCUT2D eigenvalue weighted by molar-refractivity contribution is 6.40. The molecular weight excluding hydrogens is 272 g/mol. The molecule has 1 aromatic carbocycles. The molecule has 6 heteroatoms. The number of nitrogens with one attached hydrogen (secondary N) is 2. The fourth-order valence-corrected chi connectivity index (χ4v) is 1.81. The Balaban J connectivity index is 2.68. The zero-order valence-corrected chi connectivity index (χ0v) is 12.3. The number of hydrogen-bond donors (Lipinski definition) is 3. The van der Waals surface area contributed by atoms with Crippen LogP contribution in [0.1, 0.15) is 25.8 Å². The summed E-state index contributed by atoms with van der Waals surface area (Å²) in [5, 5.41) is 13.7. The average molecular weight is 292 g/mol. The summed E-state index contributed by atoms with van der Waals surface area (Å²) >= 11 is 0. The highest BCUT2D eigenvalue weighted by Crippen LogP contribution is 2.13. The highest BCUT2D eigenvalue weighted by Gasteiger charge is 2.24. The minimum Gasteiger partial charge on any atom is -0.480 e. The fraction of sp³-hybridized carbons (Fsp3) is 0.400. The van der Waals surface area contributed by atoms with Crippen molar-refractivity contribution in [2.24, 2.45) is 5.92 Å². The van der Waals surface area contributed by atoms with Crippen LogP contribution in [0.15, 0.2) is 24.3 Å². The molecule has 0 bridgehead atoms. The predicted octanol–water partition coefficient (Wildman–Crippen LogP) is 1.55. The molecule has 0 aliphatic carbocycles. The van der Waals surface area contributed by atoms with Crippen LogP contribution in [0.3, 0.4) is 0 Å². The van der Waals surface area contributed by atoms with Crippen LogP contribution in [0, 0.1) is 12.8 Å². The first-order valence-electron chi connectivity index (χ1n) is 6.71. The molecule has 6 nitrogen and oxygen atoms in total. The van der Waals surface area contributed by atoms with Gasteiger partial charge in [-0.2, -0.15) is 0 Å². The van der Waals surface area contributed by atoms with Crippen molar-refractivity contribution < 1.29 is 19.5 Å². The number of hydrogen-bond acceptors (Lipinski definition) is 3. The maximum atomic E-state index is 11.8. The van der Waals surface area contributed by atoms with Crippen LogP contribution in [0.5, 0.6) is 0 Å². The molecule has 1 unspecified atom stereocenters. The number of carboxylic acids is 1. The first kappa shape index (κ1) is 16.7. The molecule has 0 fully saturated rings. The summed E-state index contributed by atoms with van der Waals surface area (Å²) in [6, 6.07) is 5.95. The molecule has 0 aromatic heterocycles. The van der Waals surface area contributed by atoms with Gasteiger partial charge < -0.3 is 15.7 Å². The van der Waals surface area contributed by atoms with Gasteiger partial charge in [0, 0.05) is 5.69 Å².